The normalized spacial score (nSPS) is 29.5. The van der Waals surface area contributed by atoms with Crippen molar-refractivity contribution in [2.75, 3.05) is 13.2 Å². The van der Waals surface area contributed by atoms with Crippen molar-refractivity contribution in [1.82, 2.24) is 0 Å². The lowest BCUT2D eigenvalue weighted by atomic mass is 10.2. The van der Waals surface area contributed by atoms with Crippen molar-refractivity contribution in [3.05, 3.63) is 10.6 Å². The summed E-state index contributed by atoms with van der Waals surface area (Å²) in [7, 11) is 0. The first-order valence-corrected chi connectivity index (χ1v) is 4.23. The highest BCUT2D eigenvalue weighted by atomic mass is 79.9. The van der Waals surface area contributed by atoms with Crippen LogP contribution in [0.4, 0.5) is 0 Å². The van der Waals surface area contributed by atoms with Crippen LogP contribution >= 0.6 is 15.9 Å². The maximum Gasteiger partial charge on any atom is 0.176 e. The van der Waals surface area contributed by atoms with Gasteiger partial charge in [-0.15, -0.1) is 0 Å². The predicted molar refractivity (Wildman–Crippen MR) is 40.9 cm³/mol. The monoisotopic (exact) mass is 204 g/mol. The molecule has 1 fully saturated rings. The van der Waals surface area contributed by atoms with Crippen LogP contribution in [0.2, 0.25) is 0 Å². The fraction of sp³-hybridized carbons (Fsp3) is 0.714. The number of hydrogen-bond acceptors (Lipinski definition) is 2. The smallest absolute Gasteiger partial charge is 0.176 e. The summed E-state index contributed by atoms with van der Waals surface area (Å²) in [6.45, 7) is 1.49. The minimum atomic E-state index is -0.279. The number of hydrogen-bond donors (Lipinski definition) is 0. The summed E-state index contributed by atoms with van der Waals surface area (Å²) in [5.41, 5.74) is 0. The second kappa shape index (κ2) is 2.32. The van der Waals surface area contributed by atoms with Gasteiger partial charge in [0.1, 0.15) is 0 Å². The molecule has 10 heavy (non-hydrogen) atoms. The first kappa shape index (κ1) is 6.83. The Labute approximate surface area is 68.3 Å². The van der Waals surface area contributed by atoms with Gasteiger partial charge >= 0.3 is 0 Å². The topological polar surface area (TPSA) is 18.5 Å². The molecule has 3 heteroatoms. The molecular formula is C7H9BrO2. The van der Waals surface area contributed by atoms with E-state index in [-0.39, 0.29) is 5.79 Å². The van der Waals surface area contributed by atoms with Crippen LogP contribution in [0.3, 0.4) is 0 Å². The van der Waals surface area contributed by atoms with Gasteiger partial charge in [0.25, 0.3) is 0 Å². The van der Waals surface area contributed by atoms with Crippen molar-refractivity contribution in [2.45, 2.75) is 18.6 Å². The highest BCUT2D eigenvalue weighted by Gasteiger charge is 2.39. The molecule has 0 aromatic rings. The van der Waals surface area contributed by atoms with Crippen molar-refractivity contribution >= 4 is 15.9 Å². The van der Waals surface area contributed by atoms with Crippen LogP contribution < -0.4 is 0 Å². The maximum absolute atomic E-state index is 5.47. The van der Waals surface area contributed by atoms with E-state index in [1.165, 1.54) is 4.48 Å². The van der Waals surface area contributed by atoms with E-state index < -0.39 is 0 Å². The summed E-state index contributed by atoms with van der Waals surface area (Å²) < 4.78 is 12.1. The van der Waals surface area contributed by atoms with Crippen LogP contribution in [0, 0.1) is 0 Å². The molecule has 1 aliphatic heterocycles. The molecule has 56 valence electrons. The van der Waals surface area contributed by atoms with E-state index in [1.807, 2.05) is 0 Å². The fourth-order valence-corrected chi connectivity index (χ4v) is 1.97. The molecule has 0 saturated carbocycles. The van der Waals surface area contributed by atoms with Crippen molar-refractivity contribution in [3.63, 3.8) is 0 Å². The van der Waals surface area contributed by atoms with Crippen LogP contribution in [-0.2, 0) is 9.47 Å². The Bertz CT molecular complexity index is 170. The zero-order valence-electron chi connectivity index (χ0n) is 5.60. The molecular weight excluding hydrogens is 196 g/mol. The minimum Gasteiger partial charge on any atom is -0.347 e. The lowest BCUT2D eigenvalue weighted by molar-refractivity contribution is -0.145. The molecule has 2 nitrogen and oxygen atoms in total. The van der Waals surface area contributed by atoms with Crippen LogP contribution in [0.5, 0.6) is 0 Å². The first-order valence-electron chi connectivity index (χ1n) is 3.43. The van der Waals surface area contributed by atoms with E-state index in [0.29, 0.717) is 0 Å². The Morgan fingerprint density at radius 1 is 1.40 bits per heavy atom. The Morgan fingerprint density at radius 3 is 2.60 bits per heavy atom. The van der Waals surface area contributed by atoms with E-state index in [9.17, 15) is 0 Å². The van der Waals surface area contributed by atoms with Crippen molar-refractivity contribution < 1.29 is 9.47 Å². The largest absolute Gasteiger partial charge is 0.347 e. The van der Waals surface area contributed by atoms with Gasteiger partial charge in [-0.2, -0.15) is 0 Å². The summed E-state index contributed by atoms with van der Waals surface area (Å²) in [6.07, 6.45) is 3.89. The maximum atomic E-state index is 5.47. The van der Waals surface area contributed by atoms with Gasteiger partial charge < -0.3 is 9.47 Å². The van der Waals surface area contributed by atoms with Crippen molar-refractivity contribution in [3.8, 4) is 0 Å². The Hall–Kier alpha value is 0.140. The Morgan fingerprint density at radius 2 is 2.10 bits per heavy atom. The van der Waals surface area contributed by atoms with Crippen LogP contribution in [-0.4, -0.2) is 19.0 Å². The van der Waals surface area contributed by atoms with Gasteiger partial charge in [-0.05, 0) is 4.48 Å². The van der Waals surface area contributed by atoms with Crippen LogP contribution in [0.1, 0.15) is 12.8 Å². The molecule has 0 atom stereocenters. The van der Waals surface area contributed by atoms with Gasteiger partial charge in [-0.1, -0.05) is 22.0 Å². The molecule has 1 spiro atoms. The second-order valence-electron chi connectivity index (χ2n) is 2.64. The van der Waals surface area contributed by atoms with Gasteiger partial charge in [0.05, 0.1) is 13.2 Å². The molecule has 2 aliphatic rings. The summed E-state index contributed by atoms with van der Waals surface area (Å²) in [5, 5.41) is 0. The minimum absolute atomic E-state index is 0.279. The first-order chi connectivity index (χ1) is 4.81. The molecule has 0 bridgehead atoms. The number of rotatable bonds is 0. The van der Waals surface area contributed by atoms with E-state index >= 15 is 0 Å². The molecule has 1 saturated heterocycles. The fourth-order valence-electron chi connectivity index (χ4n) is 1.38. The highest BCUT2D eigenvalue weighted by molar-refractivity contribution is 9.11. The van der Waals surface area contributed by atoms with Gasteiger partial charge in [-0.3, -0.25) is 0 Å². The summed E-state index contributed by atoms with van der Waals surface area (Å²) >= 11 is 3.42. The third kappa shape index (κ3) is 1.02. The zero-order chi connectivity index (χ0) is 7.03. The van der Waals surface area contributed by atoms with Gasteiger partial charge in [-0.25, -0.2) is 0 Å². The molecule has 1 aliphatic carbocycles. The third-order valence-electron chi connectivity index (χ3n) is 1.89. The molecule has 0 unspecified atom stereocenters. The molecule has 1 heterocycles. The lowest BCUT2D eigenvalue weighted by Crippen LogP contribution is -2.25. The molecule has 0 radical (unpaired) electrons. The van der Waals surface area contributed by atoms with Crippen LogP contribution in [0.15, 0.2) is 10.6 Å². The lowest BCUT2D eigenvalue weighted by Gasteiger charge is -2.20. The number of halogens is 1. The van der Waals surface area contributed by atoms with Gasteiger partial charge in [0, 0.05) is 12.8 Å². The van der Waals surface area contributed by atoms with Gasteiger partial charge in [0.15, 0.2) is 5.79 Å². The van der Waals surface area contributed by atoms with E-state index in [1.54, 1.807) is 0 Å². The van der Waals surface area contributed by atoms with E-state index in [2.05, 4.69) is 22.0 Å². The average Bonchev–Trinajstić information content (AvgIpc) is 2.46. The molecule has 0 aromatic carbocycles. The third-order valence-corrected chi connectivity index (χ3v) is 2.49. The summed E-state index contributed by atoms with van der Waals surface area (Å²) in [6, 6.07) is 0. The molecule has 2 rings (SSSR count). The SMILES string of the molecule is BrC1=CCC2(C1)OCCO2. The number of ether oxygens (including phenoxy) is 2. The second-order valence-corrected chi connectivity index (χ2v) is 3.66. The van der Waals surface area contributed by atoms with E-state index in [4.69, 9.17) is 9.47 Å². The molecule has 0 N–H and O–H groups in total. The Kier molecular flexibility index (Phi) is 1.59. The Balaban J connectivity index is 2.07. The predicted octanol–water partition coefficient (Wildman–Crippen LogP) is 1.80. The van der Waals surface area contributed by atoms with E-state index in [0.717, 1.165) is 26.1 Å². The standard InChI is InChI=1S/C7H9BrO2/c8-6-1-2-7(5-6)9-3-4-10-7/h1H,2-5H2. The zero-order valence-corrected chi connectivity index (χ0v) is 7.19. The summed E-state index contributed by atoms with van der Waals surface area (Å²) in [4.78, 5) is 0. The average molecular weight is 205 g/mol. The van der Waals surface area contributed by atoms with Crippen molar-refractivity contribution in [1.29, 1.82) is 0 Å². The highest BCUT2D eigenvalue weighted by Crippen LogP contribution is 2.38. The van der Waals surface area contributed by atoms with Crippen LogP contribution in [0.25, 0.3) is 0 Å². The molecule has 0 amide bonds. The molecule has 0 aromatic heterocycles. The summed E-state index contributed by atoms with van der Waals surface area (Å²) in [5.74, 6) is -0.279. The van der Waals surface area contributed by atoms with Gasteiger partial charge in [0.2, 0.25) is 0 Å². The van der Waals surface area contributed by atoms with Crippen molar-refractivity contribution in [2.24, 2.45) is 0 Å². The quantitative estimate of drug-likeness (QED) is 0.600.